The first kappa shape index (κ1) is 23.9. The summed E-state index contributed by atoms with van der Waals surface area (Å²) in [5, 5.41) is 3.17. The first-order valence-electron chi connectivity index (χ1n) is 12.4. The van der Waals surface area contributed by atoms with E-state index in [4.69, 9.17) is 0 Å². The minimum Gasteiger partial charge on any atom is -0.356 e. The van der Waals surface area contributed by atoms with E-state index in [9.17, 15) is 4.79 Å². The molecule has 2 heterocycles. The molecule has 0 saturated carbocycles. The molecule has 0 radical (unpaired) electrons. The van der Waals surface area contributed by atoms with Crippen LogP contribution in [0.15, 0.2) is 73.1 Å². The van der Waals surface area contributed by atoms with Crippen LogP contribution in [0.5, 0.6) is 0 Å². The largest absolute Gasteiger partial charge is 0.356 e. The molecule has 178 valence electrons. The smallest absolute Gasteiger partial charge is 0.225 e. The minimum atomic E-state index is -0.0160. The Morgan fingerprint density at radius 1 is 1.03 bits per heavy atom. The number of amides is 1. The average molecular weight is 458 g/mol. The maximum absolute atomic E-state index is 12.8. The van der Waals surface area contributed by atoms with Crippen molar-refractivity contribution in [2.24, 2.45) is 5.92 Å². The quantitative estimate of drug-likeness (QED) is 0.458. The second-order valence-electron chi connectivity index (χ2n) is 8.92. The molecule has 0 aliphatic carbocycles. The number of aromatic nitrogens is 2. The number of rotatable bonds is 10. The minimum absolute atomic E-state index is 0.0160. The van der Waals surface area contributed by atoms with Gasteiger partial charge in [-0.1, -0.05) is 67.6 Å². The maximum Gasteiger partial charge on any atom is 0.225 e. The number of nitrogens with one attached hydrogen (secondary N) is 1. The van der Waals surface area contributed by atoms with Gasteiger partial charge in [-0.05, 0) is 36.9 Å². The number of carbonyl (C=O) groups excluding carboxylic acids is 1. The molecule has 1 aliphatic heterocycles. The van der Waals surface area contributed by atoms with E-state index in [2.05, 4.69) is 68.4 Å². The van der Waals surface area contributed by atoms with Gasteiger partial charge in [-0.2, -0.15) is 0 Å². The van der Waals surface area contributed by atoms with Crippen LogP contribution in [0, 0.1) is 5.92 Å². The van der Waals surface area contributed by atoms with Crippen molar-refractivity contribution < 1.29 is 4.79 Å². The summed E-state index contributed by atoms with van der Waals surface area (Å²) in [6.07, 6.45) is 6.58. The number of hydrogen-bond acceptors (Lipinski definition) is 5. The predicted octanol–water partition coefficient (Wildman–Crippen LogP) is 4.39. The molecule has 34 heavy (non-hydrogen) atoms. The normalized spacial score (nSPS) is 15.9. The van der Waals surface area contributed by atoms with Gasteiger partial charge in [0.15, 0.2) is 0 Å². The van der Waals surface area contributed by atoms with Gasteiger partial charge < -0.3 is 10.2 Å². The van der Waals surface area contributed by atoms with Crippen LogP contribution in [0.1, 0.15) is 31.7 Å². The Balaban J connectivity index is 1.22. The van der Waals surface area contributed by atoms with E-state index < -0.39 is 0 Å². The van der Waals surface area contributed by atoms with Crippen LogP contribution < -0.4 is 10.2 Å². The van der Waals surface area contributed by atoms with Crippen molar-refractivity contribution in [2.45, 2.75) is 32.7 Å². The summed E-state index contributed by atoms with van der Waals surface area (Å²) in [5.41, 5.74) is 3.44. The molecule has 3 aromatic rings. The van der Waals surface area contributed by atoms with Crippen molar-refractivity contribution in [3.8, 4) is 11.1 Å². The first-order valence-corrected chi connectivity index (χ1v) is 12.4. The highest BCUT2D eigenvalue weighted by Crippen LogP contribution is 2.23. The third-order valence-electron chi connectivity index (χ3n) is 6.47. The van der Waals surface area contributed by atoms with E-state index >= 15 is 0 Å². The van der Waals surface area contributed by atoms with Gasteiger partial charge >= 0.3 is 0 Å². The molecule has 1 atom stereocenters. The van der Waals surface area contributed by atoms with Crippen LogP contribution in [0.25, 0.3) is 11.1 Å². The summed E-state index contributed by atoms with van der Waals surface area (Å²) in [6.45, 7) is 7.39. The molecule has 0 bridgehead atoms. The van der Waals surface area contributed by atoms with Crippen molar-refractivity contribution in [2.75, 3.05) is 37.6 Å². The molecule has 0 unspecified atom stereocenters. The highest BCUT2D eigenvalue weighted by molar-refractivity contribution is 5.79. The summed E-state index contributed by atoms with van der Waals surface area (Å²) in [6, 6.07) is 20.7. The number of carbonyl (C=O) groups is 1. The lowest BCUT2D eigenvalue weighted by atomic mass is 9.97. The second kappa shape index (κ2) is 12.3. The lowest BCUT2D eigenvalue weighted by molar-refractivity contribution is -0.125. The molecule has 1 amide bonds. The molecule has 4 rings (SSSR count). The highest BCUT2D eigenvalue weighted by Gasteiger charge is 2.27. The molecule has 1 aliphatic rings. The van der Waals surface area contributed by atoms with E-state index in [0.717, 1.165) is 56.6 Å². The fraction of sp³-hybridized carbons (Fsp3) is 0.393. The predicted molar refractivity (Wildman–Crippen MR) is 137 cm³/mol. The van der Waals surface area contributed by atoms with Crippen LogP contribution in [-0.4, -0.2) is 53.5 Å². The van der Waals surface area contributed by atoms with E-state index in [1.165, 1.54) is 5.56 Å². The third-order valence-corrected chi connectivity index (χ3v) is 6.47. The summed E-state index contributed by atoms with van der Waals surface area (Å²) >= 11 is 0. The SMILES string of the molecule is CCN(CCCNC(=O)[C@@H]1CCCN(c2ncc(-c3ccccc3)cn2)C1)Cc1ccccc1. The van der Waals surface area contributed by atoms with E-state index in [0.29, 0.717) is 19.0 Å². The summed E-state index contributed by atoms with van der Waals surface area (Å²) < 4.78 is 0. The standard InChI is InChI=1S/C28H35N5O/c1-2-32(21-23-11-5-3-6-12-23)17-10-16-29-27(34)25-15-9-18-33(22-25)28-30-19-26(20-31-28)24-13-7-4-8-14-24/h3-8,11-14,19-20,25H,2,9-10,15-18,21-22H2,1H3,(H,29,34)/t25-/m1/s1. The molecule has 6 heteroatoms. The first-order chi connectivity index (χ1) is 16.7. The third kappa shape index (κ3) is 6.64. The fourth-order valence-corrected chi connectivity index (χ4v) is 4.49. The van der Waals surface area contributed by atoms with Crippen molar-refractivity contribution in [1.82, 2.24) is 20.2 Å². The van der Waals surface area contributed by atoms with Crippen molar-refractivity contribution in [1.29, 1.82) is 0 Å². The van der Waals surface area contributed by atoms with Crippen molar-refractivity contribution in [3.05, 3.63) is 78.6 Å². The van der Waals surface area contributed by atoms with E-state index in [1.54, 1.807) is 0 Å². The fourth-order valence-electron chi connectivity index (χ4n) is 4.49. The van der Waals surface area contributed by atoms with Gasteiger partial charge in [-0.15, -0.1) is 0 Å². The van der Waals surface area contributed by atoms with Crippen LogP contribution in [0.4, 0.5) is 5.95 Å². The Hall–Kier alpha value is -3.25. The highest BCUT2D eigenvalue weighted by atomic mass is 16.1. The topological polar surface area (TPSA) is 61.4 Å². The maximum atomic E-state index is 12.8. The Morgan fingerprint density at radius 3 is 2.44 bits per heavy atom. The van der Waals surface area contributed by atoms with E-state index in [-0.39, 0.29) is 11.8 Å². The molecule has 1 saturated heterocycles. The molecule has 0 spiro atoms. The summed E-state index contributed by atoms with van der Waals surface area (Å²) in [4.78, 5) is 26.6. The second-order valence-corrected chi connectivity index (χ2v) is 8.92. The van der Waals surface area contributed by atoms with Crippen LogP contribution >= 0.6 is 0 Å². The van der Waals surface area contributed by atoms with Crippen LogP contribution in [0.2, 0.25) is 0 Å². The number of anilines is 1. The monoisotopic (exact) mass is 457 g/mol. The lowest BCUT2D eigenvalue weighted by Crippen LogP contribution is -2.44. The van der Waals surface area contributed by atoms with Gasteiger partial charge in [0.2, 0.25) is 11.9 Å². The molecular weight excluding hydrogens is 422 g/mol. The zero-order valence-corrected chi connectivity index (χ0v) is 20.1. The zero-order chi connectivity index (χ0) is 23.6. The van der Waals surface area contributed by atoms with Gasteiger partial charge in [0.05, 0.1) is 5.92 Å². The van der Waals surface area contributed by atoms with Crippen molar-refractivity contribution in [3.63, 3.8) is 0 Å². The summed E-state index contributed by atoms with van der Waals surface area (Å²) in [5.74, 6) is 0.839. The van der Waals surface area contributed by atoms with E-state index in [1.807, 2.05) is 36.7 Å². The van der Waals surface area contributed by atoms with Crippen LogP contribution in [0.3, 0.4) is 0 Å². The Bertz CT molecular complexity index is 1010. The number of nitrogens with zero attached hydrogens (tertiary/aromatic N) is 4. The molecule has 1 aromatic heterocycles. The van der Waals surface area contributed by atoms with Crippen LogP contribution in [-0.2, 0) is 11.3 Å². The molecule has 2 aromatic carbocycles. The Labute approximate surface area is 203 Å². The van der Waals surface area contributed by atoms with Crippen molar-refractivity contribution >= 4 is 11.9 Å². The molecule has 1 N–H and O–H groups in total. The van der Waals surface area contributed by atoms with Gasteiger partial charge in [0, 0.05) is 50.7 Å². The number of hydrogen-bond donors (Lipinski definition) is 1. The Morgan fingerprint density at radius 2 is 1.74 bits per heavy atom. The van der Waals surface area contributed by atoms with Gasteiger partial charge in [0.1, 0.15) is 0 Å². The number of benzene rings is 2. The number of piperidine rings is 1. The average Bonchev–Trinajstić information content (AvgIpc) is 2.91. The molecular formula is C28H35N5O. The Kier molecular flexibility index (Phi) is 8.63. The molecule has 6 nitrogen and oxygen atoms in total. The summed E-state index contributed by atoms with van der Waals surface area (Å²) in [7, 11) is 0. The van der Waals surface area contributed by atoms with Gasteiger partial charge in [-0.3, -0.25) is 9.69 Å². The van der Waals surface area contributed by atoms with Gasteiger partial charge in [-0.25, -0.2) is 9.97 Å². The lowest BCUT2D eigenvalue weighted by Gasteiger charge is -2.32. The zero-order valence-electron chi connectivity index (χ0n) is 20.1. The molecule has 1 fully saturated rings. The van der Waals surface area contributed by atoms with Gasteiger partial charge in [0.25, 0.3) is 0 Å².